The normalized spacial score (nSPS) is 16.4. The van der Waals surface area contributed by atoms with E-state index in [1.54, 1.807) is 12.1 Å². The van der Waals surface area contributed by atoms with Gasteiger partial charge in [-0.05, 0) is 48.9 Å². The summed E-state index contributed by atoms with van der Waals surface area (Å²) in [4.78, 5) is 2.41. The Morgan fingerprint density at radius 2 is 2.21 bits per heavy atom. The maximum absolute atomic E-state index is 13.5. The van der Waals surface area contributed by atoms with E-state index in [-0.39, 0.29) is 5.82 Å². The number of nitrogens with zero attached hydrogens (tertiary/aromatic N) is 1. The first-order valence-corrected chi connectivity index (χ1v) is 8.28. The van der Waals surface area contributed by atoms with Crippen LogP contribution in [-0.4, -0.2) is 31.1 Å². The van der Waals surface area contributed by atoms with Crippen molar-refractivity contribution >= 4 is 17.4 Å². The standard InChI is InChI=1S/C15H23FN2S/c1-2-6-17-12-13-11-14(16)4-5-15(13)18-7-3-9-19-10-8-18/h4-5,11,17H,2-3,6-10,12H2,1H3. The maximum Gasteiger partial charge on any atom is 0.123 e. The largest absolute Gasteiger partial charge is 0.370 e. The number of halogens is 1. The molecule has 4 heteroatoms. The zero-order valence-corrected chi connectivity index (χ0v) is 12.4. The molecule has 2 rings (SSSR count). The van der Waals surface area contributed by atoms with Crippen LogP contribution in [0.25, 0.3) is 0 Å². The summed E-state index contributed by atoms with van der Waals surface area (Å²) in [5.41, 5.74) is 2.29. The first kappa shape index (κ1) is 14.7. The van der Waals surface area contributed by atoms with Crippen LogP contribution in [0.2, 0.25) is 0 Å². The van der Waals surface area contributed by atoms with Crippen molar-refractivity contribution in [3.05, 3.63) is 29.6 Å². The molecule has 0 atom stereocenters. The second kappa shape index (κ2) is 7.75. The lowest BCUT2D eigenvalue weighted by atomic mass is 10.1. The molecule has 0 spiro atoms. The van der Waals surface area contributed by atoms with Gasteiger partial charge in [0.05, 0.1) is 0 Å². The van der Waals surface area contributed by atoms with Crippen molar-refractivity contribution in [1.82, 2.24) is 5.32 Å². The summed E-state index contributed by atoms with van der Waals surface area (Å²) in [6.45, 7) is 6.03. The van der Waals surface area contributed by atoms with Gasteiger partial charge in [0.15, 0.2) is 0 Å². The van der Waals surface area contributed by atoms with E-state index in [0.717, 1.165) is 38.2 Å². The van der Waals surface area contributed by atoms with E-state index in [9.17, 15) is 4.39 Å². The van der Waals surface area contributed by atoms with E-state index in [1.165, 1.54) is 23.6 Å². The summed E-state index contributed by atoms with van der Waals surface area (Å²) in [5.74, 6) is 2.27. The van der Waals surface area contributed by atoms with E-state index in [2.05, 4.69) is 17.1 Å². The van der Waals surface area contributed by atoms with Gasteiger partial charge in [-0.3, -0.25) is 0 Å². The second-order valence-electron chi connectivity index (χ2n) is 4.90. The van der Waals surface area contributed by atoms with Crippen molar-refractivity contribution in [3.63, 3.8) is 0 Å². The third kappa shape index (κ3) is 4.39. The Balaban J connectivity index is 2.12. The molecule has 2 nitrogen and oxygen atoms in total. The molecule has 1 N–H and O–H groups in total. The molecule has 1 aliphatic rings. The Labute approximate surface area is 119 Å². The van der Waals surface area contributed by atoms with Crippen LogP contribution >= 0.6 is 11.8 Å². The fourth-order valence-corrected chi connectivity index (χ4v) is 3.28. The first-order chi connectivity index (χ1) is 9.31. The Bertz CT molecular complexity index is 390. The fourth-order valence-electron chi connectivity index (χ4n) is 2.39. The van der Waals surface area contributed by atoms with Gasteiger partial charge in [0.25, 0.3) is 0 Å². The molecule has 0 amide bonds. The molecule has 0 bridgehead atoms. The highest BCUT2D eigenvalue weighted by molar-refractivity contribution is 7.99. The number of hydrogen-bond acceptors (Lipinski definition) is 3. The molecule has 19 heavy (non-hydrogen) atoms. The van der Waals surface area contributed by atoms with Crippen molar-refractivity contribution in [1.29, 1.82) is 0 Å². The minimum Gasteiger partial charge on any atom is -0.370 e. The van der Waals surface area contributed by atoms with Crippen LogP contribution in [0.15, 0.2) is 18.2 Å². The summed E-state index contributed by atoms with van der Waals surface area (Å²) in [5, 5.41) is 3.38. The van der Waals surface area contributed by atoms with Crippen LogP contribution < -0.4 is 10.2 Å². The smallest absolute Gasteiger partial charge is 0.123 e. The van der Waals surface area contributed by atoms with Crippen molar-refractivity contribution in [3.8, 4) is 0 Å². The molecule has 0 aliphatic carbocycles. The molecule has 0 saturated carbocycles. The molecule has 1 fully saturated rings. The van der Waals surface area contributed by atoms with E-state index in [4.69, 9.17) is 0 Å². The van der Waals surface area contributed by atoms with E-state index >= 15 is 0 Å². The van der Waals surface area contributed by atoms with Gasteiger partial charge >= 0.3 is 0 Å². The topological polar surface area (TPSA) is 15.3 Å². The van der Waals surface area contributed by atoms with Gasteiger partial charge in [-0.2, -0.15) is 11.8 Å². The Kier molecular flexibility index (Phi) is 5.98. The zero-order valence-electron chi connectivity index (χ0n) is 11.6. The summed E-state index contributed by atoms with van der Waals surface area (Å²) >= 11 is 2.01. The van der Waals surface area contributed by atoms with Crippen LogP contribution in [0.5, 0.6) is 0 Å². The molecule has 1 heterocycles. The van der Waals surface area contributed by atoms with Crippen LogP contribution in [0.1, 0.15) is 25.3 Å². The van der Waals surface area contributed by atoms with Gasteiger partial charge in [-0.15, -0.1) is 0 Å². The van der Waals surface area contributed by atoms with Crippen LogP contribution in [0.4, 0.5) is 10.1 Å². The summed E-state index contributed by atoms with van der Waals surface area (Å²) in [7, 11) is 0. The minimum atomic E-state index is -0.138. The molecule has 1 aromatic rings. The quantitative estimate of drug-likeness (QED) is 0.835. The van der Waals surface area contributed by atoms with Crippen molar-refractivity contribution in [2.75, 3.05) is 36.0 Å². The van der Waals surface area contributed by atoms with Gasteiger partial charge in [0, 0.05) is 31.1 Å². The molecule has 0 aromatic heterocycles. The van der Waals surface area contributed by atoms with Crippen LogP contribution in [-0.2, 0) is 6.54 Å². The van der Waals surface area contributed by atoms with Gasteiger partial charge in [0.2, 0.25) is 0 Å². The van der Waals surface area contributed by atoms with E-state index in [1.807, 2.05) is 17.8 Å². The van der Waals surface area contributed by atoms with Gasteiger partial charge in [-0.25, -0.2) is 4.39 Å². The fraction of sp³-hybridized carbons (Fsp3) is 0.600. The number of hydrogen-bond donors (Lipinski definition) is 1. The summed E-state index contributed by atoms with van der Waals surface area (Å²) in [6.07, 6.45) is 2.31. The lowest BCUT2D eigenvalue weighted by Crippen LogP contribution is -2.27. The molecule has 1 saturated heterocycles. The Morgan fingerprint density at radius 3 is 3.05 bits per heavy atom. The van der Waals surface area contributed by atoms with Crippen molar-refractivity contribution in [2.45, 2.75) is 26.3 Å². The number of benzene rings is 1. The second-order valence-corrected chi connectivity index (χ2v) is 6.13. The molecular weight excluding hydrogens is 259 g/mol. The summed E-state index contributed by atoms with van der Waals surface area (Å²) < 4.78 is 13.5. The number of nitrogens with one attached hydrogen (secondary N) is 1. The lowest BCUT2D eigenvalue weighted by molar-refractivity contribution is 0.618. The SMILES string of the molecule is CCCNCc1cc(F)ccc1N1CCCSCC1. The third-order valence-corrected chi connectivity index (χ3v) is 4.40. The minimum absolute atomic E-state index is 0.138. The van der Waals surface area contributed by atoms with E-state index < -0.39 is 0 Å². The third-order valence-electron chi connectivity index (χ3n) is 3.35. The predicted octanol–water partition coefficient (Wildman–Crippen LogP) is 3.27. The Morgan fingerprint density at radius 1 is 1.32 bits per heavy atom. The number of anilines is 1. The van der Waals surface area contributed by atoms with Crippen LogP contribution in [0.3, 0.4) is 0 Å². The molecule has 1 aliphatic heterocycles. The highest BCUT2D eigenvalue weighted by Gasteiger charge is 2.14. The molecular formula is C15H23FN2S. The average molecular weight is 282 g/mol. The maximum atomic E-state index is 13.5. The van der Waals surface area contributed by atoms with Gasteiger partial charge in [0.1, 0.15) is 5.82 Å². The predicted molar refractivity (Wildman–Crippen MR) is 82.6 cm³/mol. The van der Waals surface area contributed by atoms with Crippen molar-refractivity contribution in [2.24, 2.45) is 0 Å². The van der Waals surface area contributed by atoms with Crippen LogP contribution in [0, 0.1) is 5.82 Å². The monoisotopic (exact) mass is 282 g/mol. The van der Waals surface area contributed by atoms with Gasteiger partial charge < -0.3 is 10.2 Å². The zero-order chi connectivity index (χ0) is 13.5. The average Bonchev–Trinajstić information content (AvgIpc) is 2.68. The molecule has 0 radical (unpaired) electrons. The lowest BCUT2D eigenvalue weighted by Gasteiger charge is -2.25. The molecule has 1 aromatic carbocycles. The highest BCUT2D eigenvalue weighted by Crippen LogP contribution is 2.24. The molecule has 0 unspecified atom stereocenters. The Hall–Kier alpha value is -0.740. The summed E-state index contributed by atoms with van der Waals surface area (Å²) in [6, 6.07) is 5.20. The first-order valence-electron chi connectivity index (χ1n) is 7.13. The van der Waals surface area contributed by atoms with E-state index in [0.29, 0.717) is 0 Å². The highest BCUT2D eigenvalue weighted by atomic mass is 32.2. The number of rotatable bonds is 5. The van der Waals surface area contributed by atoms with Gasteiger partial charge in [-0.1, -0.05) is 6.92 Å². The molecule has 106 valence electrons. The number of thioether (sulfide) groups is 1. The van der Waals surface area contributed by atoms with Crippen molar-refractivity contribution < 1.29 is 4.39 Å².